The molecule has 8 aliphatic rings. The predicted octanol–water partition coefficient (Wildman–Crippen LogP) is 36.9. The van der Waals surface area contributed by atoms with E-state index in [0.29, 0.717) is 18.9 Å². The zero-order chi connectivity index (χ0) is 95.9. The molecule has 3 N–H and O–H groups in total. The molecular weight excluding hydrogens is 2610 g/mol. The summed E-state index contributed by atoms with van der Waals surface area (Å²) in [6.07, 6.45) is 12.0. The lowest BCUT2D eigenvalue weighted by atomic mass is 9.71. The number of carbonyl (C=O) groups excluding carboxylic acids is 1. The van der Waals surface area contributed by atoms with Crippen molar-refractivity contribution in [1.82, 2.24) is 14.0 Å². The first-order valence-electron chi connectivity index (χ1n) is 45.9. The SMILES string of the molecule is CC(C)C1(O)c2cc(Br)ccc2-c2ccc(Br)cc21.CCCCCC1(O)c2cc(Br)ccc2-c2ccc(Br)cc21.CCCn1c2cc(Br)ccc2c2ccc(Br)cc21.CN1CCC2(CC1)c1cc(Br)ccc1-c1ccc(Br)cc12.Cn1c2cc(Br)ccc2c2ccc(Br)cc21.O=C1CCC2(CCO1)c1cc(Br)ccc1-c1ccc(Br)cc12.OC1(C2CC2)c2cc(Br)ccc2-c2ccc(Br)cc21. The van der Waals surface area contributed by atoms with Crippen LogP contribution in [0.1, 0.15) is 160 Å². The first-order valence-corrected chi connectivity index (χ1v) is 57.0. The van der Waals surface area contributed by atoms with Crippen molar-refractivity contribution in [3.63, 3.8) is 0 Å². The van der Waals surface area contributed by atoms with Crippen molar-refractivity contribution < 1.29 is 24.9 Å². The van der Waals surface area contributed by atoms with E-state index >= 15 is 0 Å². The number of aryl methyl sites for hydroxylation is 2. The van der Waals surface area contributed by atoms with Crippen LogP contribution in [0.25, 0.3) is 99.2 Å². The van der Waals surface area contributed by atoms with Gasteiger partial charge < -0.3 is 34.1 Å². The monoisotopic (exact) mass is 2690 g/mol. The Kier molecular flexibility index (Phi) is 30.7. The Morgan fingerprint density at radius 3 is 0.949 bits per heavy atom. The fourth-order valence-electron chi connectivity index (χ4n) is 21.8. The molecule has 696 valence electrons. The second-order valence-electron chi connectivity index (χ2n) is 37.0. The van der Waals surface area contributed by atoms with Crippen LogP contribution in [0, 0.1) is 11.8 Å². The molecule has 22 heteroatoms. The van der Waals surface area contributed by atoms with Crippen molar-refractivity contribution >= 4 is 273 Å². The first kappa shape index (κ1) is 101. The maximum absolute atomic E-state index is 11.7. The van der Waals surface area contributed by atoms with E-state index < -0.39 is 16.8 Å². The molecule has 0 bridgehead atoms. The molecule has 16 aromatic rings. The molecule has 2 spiro atoms. The van der Waals surface area contributed by atoms with E-state index in [-0.39, 0.29) is 22.7 Å². The van der Waals surface area contributed by atoms with E-state index in [4.69, 9.17) is 4.74 Å². The molecule has 0 atom stereocenters. The van der Waals surface area contributed by atoms with Crippen molar-refractivity contribution in [2.75, 3.05) is 26.7 Å². The van der Waals surface area contributed by atoms with Gasteiger partial charge in [0.15, 0.2) is 0 Å². The molecule has 0 radical (unpaired) electrons. The van der Waals surface area contributed by atoms with E-state index in [1.54, 1.807) is 0 Å². The second kappa shape index (κ2) is 41.4. The van der Waals surface area contributed by atoms with Gasteiger partial charge in [0, 0.05) is 126 Å². The van der Waals surface area contributed by atoms with Gasteiger partial charge in [-0.05, 0) is 371 Å². The number of carbonyl (C=O) groups is 1. The second-order valence-corrected chi connectivity index (χ2v) is 49.8. The van der Waals surface area contributed by atoms with Crippen LogP contribution in [0.4, 0.5) is 0 Å². The average Bonchev–Trinajstić information content (AvgIpc) is 1.53. The zero-order valence-electron chi connectivity index (χ0n) is 75.5. The third kappa shape index (κ3) is 19.3. The van der Waals surface area contributed by atoms with Crippen LogP contribution >= 0.6 is 223 Å². The van der Waals surface area contributed by atoms with Gasteiger partial charge in [0.1, 0.15) is 16.8 Å². The molecule has 2 aliphatic heterocycles. The number of aliphatic hydroxyl groups is 3. The number of halogens is 14. The molecule has 136 heavy (non-hydrogen) atoms. The summed E-state index contributed by atoms with van der Waals surface area (Å²) in [5.41, 5.74) is 26.7. The highest BCUT2D eigenvalue weighted by molar-refractivity contribution is 9.12. The van der Waals surface area contributed by atoms with Crippen LogP contribution in [-0.4, -0.2) is 62.1 Å². The van der Waals surface area contributed by atoms with Crippen LogP contribution < -0.4 is 0 Å². The number of fused-ring (bicyclic) bond motifs is 25. The Balaban J connectivity index is 0.000000106. The first-order chi connectivity index (χ1) is 65.2. The molecule has 2 saturated heterocycles. The Hall–Kier alpha value is -5.29. The standard InChI is InChI=1S/C18H17Br2N.C18H14Br2O2.C18H18Br2O.C16H12Br2O.C16H14Br2O.C15H13Br2N.C13H9Br2N/c1-21-8-6-18(7-9-21)16-10-12(19)2-4-14(16)15-5-3-13(20)11-17(15)18;19-11-1-3-13-14-4-2-12(20)10-16(14)18(15(13)9-11)6-5-17(21)22-8-7-18;1-2-3-4-9-18(21)16-10-12(19)5-7-14(16)15-8-6-13(20)11-17(15)18;17-10-3-5-12-13-6-4-11(18)8-15(13)16(19,9-1-2-9)14(12)7-10;1-9(2)16(19)14-7-10(17)3-5-12(14)13-6-4-11(18)8-15(13)16;1-2-7-18-14-8-10(16)3-5-12(14)13-6-4-11(17)9-15(13)18;1-16-12-6-8(14)2-4-10(12)11-5-3-9(15)7-13(11)16/h2-5,10-11H,6-9H2,1H3;1-4,9-10H,5-8H2;5-8,10-11,21H,2-4,9H2,1H3;3-9,19H,1-2H2;3-9,19H,1-2H3;3-6,8-9H,2,7H2,1H3;2-7H,1H3. The number of hydrogen-bond donors (Lipinski definition) is 3. The molecule has 8 nitrogen and oxygen atoms in total. The van der Waals surface area contributed by atoms with Gasteiger partial charge >= 0.3 is 5.97 Å². The third-order valence-electron chi connectivity index (χ3n) is 28.6. The number of likely N-dealkylation sites (tertiary alicyclic amines) is 1. The summed E-state index contributed by atoms with van der Waals surface area (Å²) in [5.74, 6) is 0.379. The molecule has 2 aromatic heterocycles. The minimum Gasteiger partial charge on any atom is -0.466 e. The largest absolute Gasteiger partial charge is 0.466 e. The topological polar surface area (TPSA) is 100 Å². The molecule has 24 rings (SSSR count). The van der Waals surface area contributed by atoms with Gasteiger partial charge in [0.05, 0.1) is 17.6 Å². The lowest BCUT2D eigenvalue weighted by Gasteiger charge is -2.39. The minimum atomic E-state index is -0.918. The fourth-order valence-corrected chi connectivity index (χ4v) is 26.8. The number of aromatic nitrogens is 2. The van der Waals surface area contributed by atoms with E-state index in [1.165, 1.54) is 121 Å². The van der Waals surface area contributed by atoms with Crippen molar-refractivity contribution in [3.8, 4) is 55.6 Å². The lowest BCUT2D eigenvalue weighted by Crippen LogP contribution is -2.40. The van der Waals surface area contributed by atoms with Gasteiger partial charge in [-0.3, -0.25) is 4.79 Å². The number of benzene rings is 14. The number of unbranched alkanes of at least 4 members (excludes halogenated alkanes) is 2. The minimum absolute atomic E-state index is 0.0862. The highest BCUT2D eigenvalue weighted by Crippen LogP contribution is 2.62. The molecule has 3 fully saturated rings. The molecule has 6 aliphatic carbocycles. The van der Waals surface area contributed by atoms with Crippen LogP contribution in [-0.2, 0) is 50.8 Å². The summed E-state index contributed by atoms with van der Waals surface area (Å²) in [6, 6.07) is 89.5. The van der Waals surface area contributed by atoms with Crippen LogP contribution in [0.5, 0.6) is 0 Å². The van der Waals surface area contributed by atoms with Gasteiger partial charge in [-0.2, -0.15) is 0 Å². The number of rotatable bonds is 8. The number of piperidine rings is 1. The lowest BCUT2D eigenvalue weighted by molar-refractivity contribution is -0.142. The van der Waals surface area contributed by atoms with E-state index in [9.17, 15) is 20.1 Å². The van der Waals surface area contributed by atoms with Crippen LogP contribution in [0.3, 0.4) is 0 Å². The summed E-state index contributed by atoms with van der Waals surface area (Å²) in [5, 5.41) is 39.3. The highest BCUT2D eigenvalue weighted by atomic mass is 79.9. The maximum atomic E-state index is 11.7. The van der Waals surface area contributed by atoms with Crippen LogP contribution in [0.2, 0.25) is 0 Å². The number of hydrogen-bond acceptors (Lipinski definition) is 6. The van der Waals surface area contributed by atoms with Gasteiger partial charge in [0.2, 0.25) is 0 Å². The smallest absolute Gasteiger partial charge is 0.305 e. The Morgan fingerprint density at radius 2 is 0.618 bits per heavy atom. The van der Waals surface area contributed by atoms with Crippen molar-refractivity contribution in [2.45, 2.75) is 139 Å². The third-order valence-corrected chi connectivity index (χ3v) is 35.5. The van der Waals surface area contributed by atoms with Crippen molar-refractivity contribution in [3.05, 3.63) is 373 Å². The quantitative estimate of drug-likeness (QED) is 0.104. The molecule has 0 amide bonds. The van der Waals surface area contributed by atoms with Crippen molar-refractivity contribution in [1.29, 1.82) is 0 Å². The normalized spacial score (nSPS) is 16.0. The summed E-state index contributed by atoms with van der Waals surface area (Å²) in [7, 11) is 4.33. The highest BCUT2D eigenvalue weighted by Gasteiger charge is 2.53. The molecule has 0 unspecified atom stereocenters. The van der Waals surface area contributed by atoms with Gasteiger partial charge in [-0.15, -0.1) is 0 Å². The molecule has 14 aromatic carbocycles. The van der Waals surface area contributed by atoms with E-state index in [1.807, 2.05) is 48.5 Å². The number of nitrogens with zero attached hydrogens (tertiary/aromatic N) is 3. The Bertz CT molecular complexity index is 6900. The van der Waals surface area contributed by atoms with Gasteiger partial charge in [0.25, 0.3) is 0 Å². The summed E-state index contributed by atoms with van der Waals surface area (Å²) < 4.78 is 25.0. The molecule has 4 heterocycles. The van der Waals surface area contributed by atoms with Crippen LogP contribution in [0.15, 0.2) is 317 Å². The predicted molar refractivity (Wildman–Crippen MR) is 611 cm³/mol. The number of cyclic esters (lactones) is 1. The number of ether oxygens (including phenoxy) is 1. The van der Waals surface area contributed by atoms with Gasteiger partial charge in [-0.25, -0.2) is 0 Å². The summed E-state index contributed by atoms with van der Waals surface area (Å²) in [6.45, 7) is 12.4. The number of esters is 1. The maximum Gasteiger partial charge on any atom is 0.305 e. The fraction of sp³-hybridized carbons (Fsp3) is 0.254. The van der Waals surface area contributed by atoms with Crippen molar-refractivity contribution in [2.24, 2.45) is 18.9 Å². The van der Waals surface area contributed by atoms with E-state index in [2.05, 4.69) is 485 Å². The average molecular weight is 2710 g/mol. The Labute approximate surface area is 913 Å². The van der Waals surface area contributed by atoms with Gasteiger partial charge in [-0.1, -0.05) is 348 Å². The van der Waals surface area contributed by atoms with E-state index in [0.717, 1.165) is 187 Å². The molecular formula is C114H97Br14N3O5. The summed E-state index contributed by atoms with van der Waals surface area (Å²) >= 11 is 49.8. The molecule has 1 saturated carbocycles. The zero-order valence-corrected chi connectivity index (χ0v) is 97.7. The summed E-state index contributed by atoms with van der Waals surface area (Å²) in [4.78, 5) is 14.2. The Morgan fingerprint density at radius 1 is 0.338 bits per heavy atom.